The SMILES string of the molecule is Oc1cccc2ncc(-c3ccccc3)cc12. The molecule has 0 aliphatic carbocycles. The van der Waals surface area contributed by atoms with Crippen LogP contribution in [0.2, 0.25) is 0 Å². The summed E-state index contributed by atoms with van der Waals surface area (Å²) in [6.45, 7) is 0. The van der Waals surface area contributed by atoms with E-state index in [0.29, 0.717) is 0 Å². The van der Waals surface area contributed by atoms with Crippen molar-refractivity contribution in [2.75, 3.05) is 0 Å². The van der Waals surface area contributed by atoms with Gasteiger partial charge in [0.05, 0.1) is 5.52 Å². The maximum absolute atomic E-state index is 9.80. The summed E-state index contributed by atoms with van der Waals surface area (Å²) >= 11 is 0. The first kappa shape index (κ1) is 9.85. The Morgan fingerprint density at radius 2 is 1.65 bits per heavy atom. The molecular weight excluding hydrogens is 210 g/mol. The molecule has 0 saturated carbocycles. The fourth-order valence-corrected chi connectivity index (χ4v) is 1.92. The second-order valence-electron chi connectivity index (χ2n) is 3.93. The summed E-state index contributed by atoms with van der Waals surface area (Å²) in [6.07, 6.45) is 1.83. The second-order valence-corrected chi connectivity index (χ2v) is 3.93. The highest BCUT2D eigenvalue weighted by Crippen LogP contribution is 2.27. The predicted molar refractivity (Wildman–Crippen MR) is 68.8 cm³/mol. The molecule has 0 amide bonds. The lowest BCUT2D eigenvalue weighted by atomic mass is 10.1. The number of rotatable bonds is 1. The zero-order valence-electron chi connectivity index (χ0n) is 9.17. The lowest BCUT2D eigenvalue weighted by Crippen LogP contribution is -1.83. The Morgan fingerprint density at radius 1 is 0.824 bits per heavy atom. The molecule has 0 spiro atoms. The van der Waals surface area contributed by atoms with Gasteiger partial charge in [0, 0.05) is 17.1 Å². The van der Waals surface area contributed by atoms with Gasteiger partial charge in [-0.3, -0.25) is 4.98 Å². The number of hydrogen-bond acceptors (Lipinski definition) is 2. The Kier molecular flexibility index (Phi) is 2.26. The van der Waals surface area contributed by atoms with Gasteiger partial charge in [-0.1, -0.05) is 36.4 Å². The van der Waals surface area contributed by atoms with Crippen molar-refractivity contribution in [1.29, 1.82) is 0 Å². The summed E-state index contributed by atoms with van der Waals surface area (Å²) < 4.78 is 0. The largest absolute Gasteiger partial charge is 0.507 e. The van der Waals surface area contributed by atoms with Crippen molar-refractivity contribution in [3.8, 4) is 16.9 Å². The summed E-state index contributed by atoms with van der Waals surface area (Å²) in [5, 5.41) is 10.6. The van der Waals surface area contributed by atoms with Gasteiger partial charge < -0.3 is 5.11 Å². The molecule has 82 valence electrons. The van der Waals surface area contributed by atoms with Crippen molar-refractivity contribution in [1.82, 2.24) is 4.98 Å². The van der Waals surface area contributed by atoms with Crippen molar-refractivity contribution >= 4 is 10.9 Å². The lowest BCUT2D eigenvalue weighted by molar-refractivity contribution is 0.481. The van der Waals surface area contributed by atoms with E-state index in [-0.39, 0.29) is 5.75 Å². The van der Waals surface area contributed by atoms with Gasteiger partial charge in [-0.25, -0.2) is 0 Å². The summed E-state index contributed by atoms with van der Waals surface area (Å²) in [6, 6.07) is 17.4. The summed E-state index contributed by atoms with van der Waals surface area (Å²) in [7, 11) is 0. The number of aromatic hydroxyl groups is 1. The van der Waals surface area contributed by atoms with E-state index in [1.807, 2.05) is 48.7 Å². The Hall–Kier alpha value is -2.35. The van der Waals surface area contributed by atoms with Crippen LogP contribution in [0.5, 0.6) is 5.75 Å². The van der Waals surface area contributed by atoms with Gasteiger partial charge in [0.25, 0.3) is 0 Å². The molecule has 1 heterocycles. The van der Waals surface area contributed by atoms with Crippen LogP contribution < -0.4 is 0 Å². The molecule has 1 aromatic heterocycles. The minimum absolute atomic E-state index is 0.271. The van der Waals surface area contributed by atoms with Crippen LogP contribution >= 0.6 is 0 Å². The van der Waals surface area contributed by atoms with Crippen LogP contribution in [0, 0.1) is 0 Å². The molecule has 0 saturated heterocycles. The number of benzene rings is 2. The first-order valence-electron chi connectivity index (χ1n) is 5.48. The minimum Gasteiger partial charge on any atom is -0.507 e. The van der Waals surface area contributed by atoms with Gasteiger partial charge in [0.15, 0.2) is 0 Å². The second kappa shape index (κ2) is 3.91. The Labute approximate surface area is 99.2 Å². The number of fused-ring (bicyclic) bond motifs is 1. The molecule has 0 aliphatic heterocycles. The molecule has 17 heavy (non-hydrogen) atoms. The van der Waals surface area contributed by atoms with Gasteiger partial charge in [0.2, 0.25) is 0 Å². The minimum atomic E-state index is 0.271. The van der Waals surface area contributed by atoms with E-state index < -0.39 is 0 Å². The van der Waals surface area contributed by atoms with E-state index in [9.17, 15) is 5.11 Å². The molecule has 0 radical (unpaired) electrons. The maximum Gasteiger partial charge on any atom is 0.124 e. The molecule has 0 bridgehead atoms. The van der Waals surface area contributed by atoms with Crippen LogP contribution in [0.1, 0.15) is 0 Å². The van der Waals surface area contributed by atoms with Crippen LogP contribution in [0.25, 0.3) is 22.0 Å². The van der Waals surface area contributed by atoms with Crippen LogP contribution in [-0.4, -0.2) is 10.1 Å². The third-order valence-corrected chi connectivity index (χ3v) is 2.81. The molecule has 2 heteroatoms. The topological polar surface area (TPSA) is 33.1 Å². The maximum atomic E-state index is 9.80. The smallest absolute Gasteiger partial charge is 0.124 e. The zero-order chi connectivity index (χ0) is 11.7. The van der Waals surface area contributed by atoms with Gasteiger partial charge in [-0.15, -0.1) is 0 Å². The van der Waals surface area contributed by atoms with E-state index in [1.165, 1.54) is 0 Å². The van der Waals surface area contributed by atoms with Crippen molar-refractivity contribution in [3.63, 3.8) is 0 Å². The fraction of sp³-hybridized carbons (Fsp3) is 0. The molecule has 1 N–H and O–H groups in total. The van der Waals surface area contributed by atoms with Crippen LogP contribution in [0.15, 0.2) is 60.8 Å². The summed E-state index contributed by atoms with van der Waals surface area (Å²) in [5.41, 5.74) is 2.93. The van der Waals surface area contributed by atoms with Crippen molar-refractivity contribution in [3.05, 3.63) is 60.8 Å². The predicted octanol–water partition coefficient (Wildman–Crippen LogP) is 3.61. The Balaban J connectivity index is 2.23. The van der Waals surface area contributed by atoms with Gasteiger partial charge in [-0.2, -0.15) is 0 Å². The van der Waals surface area contributed by atoms with Gasteiger partial charge >= 0.3 is 0 Å². The van der Waals surface area contributed by atoms with E-state index >= 15 is 0 Å². The average Bonchev–Trinajstić information content (AvgIpc) is 2.40. The van der Waals surface area contributed by atoms with E-state index in [4.69, 9.17) is 0 Å². The number of nitrogens with zero attached hydrogens (tertiary/aromatic N) is 1. The van der Waals surface area contributed by atoms with E-state index in [1.54, 1.807) is 12.1 Å². The molecule has 0 atom stereocenters. The van der Waals surface area contributed by atoms with Gasteiger partial charge in [0.1, 0.15) is 5.75 Å². The standard InChI is InChI=1S/C15H11NO/c17-15-8-4-7-14-13(15)9-12(10-16-14)11-5-2-1-3-6-11/h1-10,17H. The van der Waals surface area contributed by atoms with Crippen LogP contribution in [0.4, 0.5) is 0 Å². The lowest BCUT2D eigenvalue weighted by Gasteiger charge is -2.04. The third kappa shape index (κ3) is 1.74. The molecule has 0 fully saturated rings. The Morgan fingerprint density at radius 3 is 2.47 bits per heavy atom. The summed E-state index contributed by atoms with van der Waals surface area (Å²) in [5.74, 6) is 0.271. The highest BCUT2D eigenvalue weighted by atomic mass is 16.3. The Bertz CT molecular complexity index is 662. The number of phenolic OH excluding ortho intramolecular Hbond substituents is 1. The normalized spacial score (nSPS) is 10.6. The highest BCUT2D eigenvalue weighted by Gasteiger charge is 2.03. The van der Waals surface area contributed by atoms with Crippen LogP contribution in [0.3, 0.4) is 0 Å². The molecule has 0 aliphatic rings. The highest BCUT2D eigenvalue weighted by molar-refractivity contribution is 5.88. The van der Waals surface area contributed by atoms with Crippen molar-refractivity contribution in [2.45, 2.75) is 0 Å². The first-order chi connectivity index (χ1) is 8.34. The molecule has 3 aromatic rings. The van der Waals surface area contributed by atoms with Gasteiger partial charge in [-0.05, 0) is 23.8 Å². The van der Waals surface area contributed by atoms with E-state index in [0.717, 1.165) is 22.0 Å². The van der Waals surface area contributed by atoms with Crippen molar-refractivity contribution < 1.29 is 5.11 Å². The van der Waals surface area contributed by atoms with E-state index in [2.05, 4.69) is 4.98 Å². The molecular formula is C15H11NO. The number of phenols is 1. The number of aromatic nitrogens is 1. The molecule has 2 nitrogen and oxygen atoms in total. The first-order valence-corrected chi connectivity index (χ1v) is 5.48. The quantitative estimate of drug-likeness (QED) is 0.681. The molecule has 2 aromatic carbocycles. The average molecular weight is 221 g/mol. The van der Waals surface area contributed by atoms with Crippen LogP contribution in [-0.2, 0) is 0 Å². The number of hydrogen-bond donors (Lipinski definition) is 1. The molecule has 3 rings (SSSR count). The third-order valence-electron chi connectivity index (χ3n) is 2.81. The van der Waals surface area contributed by atoms with Crippen molar-refractivity contribution in [2.24, 2.45) is 0 Å². The summed E-state index contributed by atoms with van der Waals surface area (Å²) in [4.78, 5) is 4.36. The molecule has 0 unspecified atom stereocenters. The monoisotopic (exact) mass is 221 g/mol. The fourth-order valence-electron chi connectivity index (χ4n) is 1.92. The zero-order valence-corrected chi connectivity index (χ0v) is 9.17. The number of pyridine rings is 1.